The number of nitrogens with zero attached hydrogens (tertiary/aromatic N) is 4. The third-order valence-corrected chi connectivity index (χ3v) is 4.21. The second-order valence-corrected chi connectivity index (χ2v) is 6.10. The first-order chi connectivity index (χ1) is 11.7. The molecule has 0 saturated heterocycles. The molecule has 1 N–H and O–H groups in total. The number of nitrogens with one attached hydrogen (secondary N) is 1. The standard InChI is InChI=1S/C17H14ClN5O/c18-15-7-2-1-6-14(15)17(24)19-12-5-3-4-11(10-12)16-20-21-22-23(16)13-8-9-13/h1-7,10,13H,8-9H2,(H,19,24). The van der Waals surface area contributed by atoms with Gasteiger partial charge >= 0.3 is 0 Å². The Morgan fingerprint density at radius 1 is 1.17 bits per heavy atom. The highest BCUT2D eigenvalue weighted by atomic mass is 35.5. The number of tetrazole rings is 1. The fourth-order valence-corrected chi connectivity index (χ4v) is 2.75. The molecule has 1 aromatic heterocycles. The molecule has 0 radical (unpaired) electrons. The normalized spacial score (nSPS) is 13.7. The van der Waals surface area contributed by atoms with Crippen LogP contribution in [0.15, 0.2) is 48.5 Å². The molecule has 1 amide bonds. The molecule has 0 atom stereocenters. The second-order valence-electron chi connectivity index (χ2n) is 5.69. The van der Waals surface area contributed by atoms with Crippen molar-refractivity contribution in [3.8, 4) is 11.4 Å². The number of aromatic nitrogens is 4. The number of anilines is 1. The monoisotopic (exact) mass is 339 g/mol. The number of amides is 1. The van der Waals surface area contributed by atoms with E-state index in [2.05, 4.69) is 20.8 Å². The molecule has 1 fully saturated rings. The van der Waals surface area contributed by atoms with Gasteiger partial charge in [0, 0.05) is 11.3 Å². The Kier molecular flexibility index (Phi) is 3.74. The van der Waals surface area contributed by atoms with E-state index in [0.29, 0.717) is 28.1 Å². The lowest BCUT2D eigenvalue weighted by molar-refractivity contribution is 0.102. The van der Waals surface area contributed by atoms with Crippen LogP contribution in [0.25, 0.3) is 11.4 Å². The van der Waals surface area contributed by atoms with Crippen molar-refractivity contribution in [2.24, 2.45) is 0 Å². The van der Waals surface area contributed by atoms with Gasteiger partial charge in [0.15, 0.2) is 5.82 Å². The average Bonchev–Trinajstić information content (AvgIpc) is 3.32. The lowest BCUT2D eigenvalue weighted by Gasteiger charge is -2.08. The molecule has 24 heavy (non-hydrogen) atoms. The average molecular weight is 340 g/mol. The molecule has 2 aromatic carbocycles. The van der Waals surface area contributed by atoms with Crippen LogP contribution in [-0.4, -0.2) is 26.1 Å². The van der Waals surface area contributed by atoms with E-state index < -0.39 is 0 Å². The molecule has 1 aliphatic rings. The fraction of sp³-hybridized carbons (Fsp3) is 0.176. The Labute approximate surface area is 143 Å². The van der Waals surface area contributed by atoms with E-state index in [1.165, 1.54) is 0 Å². The van der Waals surface area contributed by atoms with Crippen LogP contribution in [0, 0.1) is 0 Å². The molecule has 1 saturated carbocycles. The fourth-order valence-electron chi connectivity index (χ4n) is 2.53. The Bertz CT molecular complexity index is 903. The highest BCUT2D eigenvalue weighted by Gasteiger charge is 2.28. The van der Waals surface area contributed by atoms with Crippen molar-refractivity contribution in [3.05, 3.63) is 59.1 Å². The Balaban J connectivity index is 1.60. The molecule has 120 valence electrons. The molecule has 6 nitrogen and oxygen atoms in total. The van der Waals surface area contributed by atoms with E-state index in [1.54, 1.807) is 24.3 Å². The van der Waals surface area contributed by atoms with Crippen LogP contribution in [-0.2, 0) is 0 Å². The van der Waals surface area contributed by atoms with Crippen molar-refractivity contribution >= 4 is 23.2 Å². The molecule has 7 heteroatoms. The first-order valence-corrected chi connectivity index (χ1v) is 8.04. The highest BCUT2D eigenvalue weighted by Crippen LogP contribution is 2.36. The van der Waals surface area contributed by atoms with Gasteiger partial charge in [-0.1, -0.05) is 35.9 Å². The summed E-state index contributed by atoms with van der Waals surface area (Å²) in [5.74, 6) is 0.464. The highest BCUT2D eigenvalue weighted by molar-refractivity contribution is 6.34. The molecule has 1 aliphatic carbocycles. The first-order valence-electron chi connectivity index (χ1n) is 7.66. The number of rotatable bonds is 4. The van der Waals surface area contributed by atoms with Gasteiger partial charge < -0.3 is 5.32 Å². The summed E-state index contributed by atoms with van der Waals surface area (Å²) in [5.41, 5.74) is 1.97. The number of hydrogen-bond acceptors (Lipinski definition) is 4. The number of hydrogen-bond donors (Lipinski definition) is 1. The van der Waals surface area contributed by atoms with E-state index >= 15 is 0 Å². The number of halogens is 1. The maximum absolute atomic E-state index is 12.4. The van der Waals surface area contributed by atoms with E-state index in [-0.39, 0.29) is 5.91 Å². The summed E-state index contributed by atoms with van der Waals surface area (Å²) in [6.45, 7) is 0. The number of benzene rings is 2. The third kappa shape index (κ3) is 2.88. The minimum Gasteiger partial charge on any atom is -0.322 e. The summed E-state index contributed by atoms with van der Waals surface area (Å²) in [6.07, 6.45) is 2.20. The molecule has 0 unspecified atom stereocenters. The molecule has 3 aromatic rings. The van der Waals surface area contributed by atoms with Crippen molar-refractivity contribution in [2.75, 3.05) is 5.32 Å². The van der Waals surface area contributed by atoms with Crippen molar-refractivity contribution in [3.63, 3.8) is 0 Å². The van der Waals surface area contributed by atoms with Crippen LogP contribution in [0.5, 0.6) is 0 Å². The van der Waals surface area contributed by atoms with Crippen molar-refractivity contribution in [1.82, 2.24) is 20.2 Å². The molecule has 0 bridgehead atoms. The Morgan fingerprint density at radius 2 is 2.00 bits per heavy atom. The lowest BCUT2D eigenvalue weighted by atomic mass is 10.1. The van der Waals surface area contributed by atoms with Gasteiger partial charge in [-0.05, 0) is 47.5 Å². The smallest absolute Gasteiger partial charge is 0.257 e. The molecular weight excluding hydrogens is 326 g/mol. The zero-order chi connectivity index (χ0) is 16.5. The van der Waals surface area contributed by atoms with E-state index in [1.807, 2.05) is 28.9 Å². The molecule has 0 spiro atoms. The van der Waals surface area contributed by atoms with Gasteiger partial charge in [0.1, 0.15) is 0 Å². The Hall–Kier alpha value is -2.73. The predicted molar refractivity (Wildman–Crippen MR) is 90.9 cm³/mol. The largest absolute Gasteiger partial charge is 0.322 e. The van der Waals surface area contributed by atoms with Gasteiger partial charge in [-0.2, -0.15) is 0 Å². The summed E-state index contributed by atoms with van der Waals surface area (Å²) >= 11 is 6.07. The Morgan fingerprint density at radius 3 is 2.79 bits per heavy atom. The maximum atomic E-state index is 12.4. The number of carbonyl (C=O) groups is 1. The van der Waals surface area contributed by atoms with Crippen LogP contribution < -0.4 is 5.32 Å². The van der Waals surface area contributed by atoms with E-state index in [4.69, 9.17) is 11.6 Å². The van der Waals surface area contributed by atoms with Gasteiger partial charge in [0.25, 0.3) is 5.91 Å². The van der Waals surface area contributed by atoms with Crippen LogP contribution in [0.1, 0.15) is 29.2 Å². The molecular formula is C17H14ClN5O. The van der Waals surface area contributed by atoms with Gasteiger partial charge in [-0.25, -0.2) is 4.68 Å². The molecule has 4 rings (SSSR count). The minimum absolute atomic E-state index is 0.250. The SMILES string of the molecule is O=C(Nc1cccc(-c2nnnn2C2CC2)c1)c1ccccc1Cl. The number of carbonyl (C=O) groups excluding carboxylic acids is 1. The van der Waals surface area contributed by atoms with Gasteiger partial charge in [0.05, 0.1) is 16.6 Å². The first kappa shape index (κ1) is 14.8. The summed E-state index contributed by atoms with van der Waals surface area (Å²) in [4.78, 5) is 12.4. The molecule has 0 aliphatic heterocycles. The zero-order valence-electron chi connectivity index (χ0n) is 12.7. The van der Waals surface area contributed by atoms with Gasteiger partial charge in [0.2, 0.25) is 0 Å². The lowest BCUT2D eigenvalue weighted by Crippen LogP contribution is -2.12. The summed E-state index contributed by atoms with van der Waals surface area (Å²) in [5, 5.41) is 15.2. The van der Waals surface area contributed by atoms with Crippen LogP contribution in [0.2, 0.25) is 5.02 Å². The summed E-state index contributed by atoms with van der Waals surface area (Å²) in [7, 11) is 0. The summed E-state index contributed by atoms with van der Waals surface area (Å²) in [6, 6.07) is 14.8. The minimum atomic E-state index is -0.250. The van der Waals surface area contributed by atoms with Gasteiger partial charge in [-0.3, -0.25) is 4.79 Å². The third-order valence-electron chi connectivity index (χ3n) is 3.88. The van der Waals surface area contributed by atoms with Crippen LogP contribution in [0.3, 0.4) is 0 Å². The predicted octanol–water partition coefficient (Wildman–Crippen LogP) is 3.58. The van der Waals surface area contributed by atoms with Crippen molar-refractivity contribution in [2.45, 2.75) is 18.9 Å². The van der Waals surface area contributed by atoms with Gasteiger partial charge in [-0.15, -0.1) is 5.10 Å². The van der Waals surface area contributed by atoms with E-state index in [9.17, 15) is 4.79 Å². The topological polar surface area (TPSA) is 72.7 Å². The molecule has 1 heterocycles. The van der Waals surface area contributed by atoms with Crippen molar-refractivity contribution < 1.29 is 4.79 Å². The quantitative estimate of drug-likeness (QED) is 0.788. The van der Waals surface area contributed by atoms with Crippen LogP contribution in [0.4, 0.5) is 5.69 Å². The zero-order valence-corrected chi connectivity index (χ0v) is 13.4. The maximum Gasteiger partial charge on any atom is 0.257 e. The second kappa shape index (κ2) is 6.05. The van der Waals surface area contributed by atoms with Crippen LogP contribution >= 0.6 is 11.6 Å². The van der Waals surface area contributed by atoms with Crippen molar-refractivity contribution in [1.29, 1.82) is 0 Å². The van der Waals surface area contributed by atoms with E-state index in [0.717, 1.165) is 18.4 Å². The summed E-state index contributed by atoms with van der Waals surface area (Å²) < 4.78 is 1.84.